The number of aryl methyl sites for hydroxylation is 1. The van der Waals surface area contributed by atoms with E-state index < -0.39 is 5.82 Å². The first-order valence-electron chi connectivity index (χ1n) is 6.59. The summed E-state index contributed by atoms with van der Waals surface area (Å²) in [4.78, 5) is 13.9. The van der Waals surface area contributed by atoms with Crippen LogP contribution in [0.1, 0.15) is 18.7 Å². The van der Waals surface area contributed by atoms with Crippen molar-refractivity contribution in [1.29, 1.82) is 0 Å². The summed E-state index contributed by atoms with van der Waals surface area (Å²) in [6.07, 6.45) is -0.313. The van der Waals surface area contributed by atoms with Crippen LogP contribution in [0.15, 0.2) is 22.6 Å². The normalized spacial score (nSPS) is 17.3. The number of aromatic nitrogens is 2. The van der Waals surface area contributed by atoms with E-state index in [0.29, 0.717) is 18.1 Å². The number of carbonyl (C=O) groups is 1. The summed E-state index contributed by atoms with van der Waals surface area (Å²) in [7, 11) is 0. The zero-order chi connectivity index (χ0) is 15.0. The molecular formula is C14H14FN3O3. The molecule has 2 heterocycles. The fraction of sp³-hybridized carbons (Fsp3) is 0.357. The molecule has 1 unspecified atom stereocenters. The van der Waals surface area contributed by atoms with Gasteiger partial charge in [0.15, 0.2) is 11.6 Å². The van der Waals surface area contributed by atoms with E-state index >= 15 is 0 Å². The van der Waals surface area contributed by atoms with Crippen LogP contribution in [0.5, 0.6) is 5.75 Å². The minimum atomic E-state index is -0.481. The van der Waals surface area contributed by atoms with E-state index in [1.54, 1.807) is 26.0 Å². The van der Waals surface area contributed by atoms with Gasteiger partial charge in [0.2, 0.25) is 17.7 Å². The average Bonchev–Trinajstić information content (AvgIpc) is 2.84. The second-order valence-electron chi connectivity index (χ2n) is 4.91. The Bertz CT molecular complexity index is 686. The summed E-state index contributed by atoms with van der Waals surface area (Å²) >= 11 is 0. The number of amides is 1. The highest BCUT2D eigenvalue weighted by molar-refractivity contribution is 5.96. The molecule has 1 aromatic carbocycles. The summed E-state index contributed by atoms with van der Waals surface area (Å²) < 4.78 is 24.5. The molecule has 0 fully saturated rings. The Labute approximate surface area is 120 Å². The highest BCUT2D eigenvalue weighted by Gasteiger charge is 2.30. The molecule has 0 saturated heterocycles. The number of ether oxygens (including phenoxy) is 1. The third-order valence-corrected chi connectivity index (χ3v) is 3.17. The Morgan fingerprint density at radius 3 is 3.00 bits per heavy atom. The minimum absolute atomic E-state index is 0.0243. The average molecular weight is 291 g/mol. The van der Waals surface area contributed by atoms with Gasteiger partial charge in [-0.2, -0.15) is 0 Å². The molecule has 7 heteroatoms. The second-order valence-corrected chi connectivity index (χ2v) is 4.91. The zero-order valence-electron chi connectivity index (χ0n) is 11.7. The molecule has 21 heavy (non-hydrogen) atoms. The topological polar surface area (TPSA) is 68.5 Å². The minimum Gasteiger partial charge on any atom is -0.484 e. The van der Waals surface area contributed by atoms with Gasteiger partial charge in [-0.05, 0) is 19.1 Å². The molecule has 0 saturated carbocycles. The highest BCUT2D eigenvalue weighted by Crippen LogP contribution is 2.35. The maximum atomic E-state index is 13.8. The Morgan fingerprint density at radius 2 is 2.29 bits per heavy atom. The first-order valence-corrected chi connectivity index (χ1v) is 6.59. The largest absolute Gasteiger partial charge is 0.484 e. The van der Waals surface area contributed by atoms with Gasteiger partial charge in [0.1, 0.15) is 12.5 Å². The smallest absolute Gasteiger partial charge is 0.236 e. The first kappa shape index (κ1) is 13.5. The summed E-state index contributed by atoms with van der Waals surface area (Å²) in [5.74, 6) is 0.0339. The predicted octanol–water partition coefficient (Wildman–Crippen LogP) is 1.87. The van der Waals surface area contributed by atoms with E-state index in [1.165, 1.54) is 11.0 Å². The molecule has 0 N–H and O–H groups in total. The van der Waals surface area contributed by atoms with Crippen molar-refractivity contribution in [1.82, 2.24) is 10.2 Å². The molecule has 110 valence electrons. The van der Waals surface area contributed by atoms with Crippen molar-refractivity contribution >= 4 is 11.6 Å². The van der Waals surface area contributed by atoms with Gasteiger partial charge in [-0.25, -0.2) is 4.39 Å². The number of hydrogen-bond donors (Lipinski definition) is 0. The third kappa shape index (κ3) is 2.58. The Balaban J connectivity index is 1.88. The number of benzene rings is 1. The predicted molar refractivity (Wildman–Crippen MR) is 71.6 cm³/mol. The van der Waals surface area contributed by atoms with Gasteiger partial charge in [0, 0.05) is 6.92 Å². The van der Waals surface area contributed by atoms with Gasteiger partial charge in [0.05, 0.1) is 12.2 Å². The lowest BCUT2D eigenvalue weighted by atomic mass is 10.1. The van der Waals surface area contributed by atoms with Crippen molar-refractivity contribution in [3.05, 3.63) is 35.8 Å². The molecule has 0 aliphatic carbocycles. The van der Waals surface area contributed by atoms with Gasteiger partial charge in [-0.3, -0.25) is 4.79 Å². The van der Waals surface area contributed by atoms with Crippen molar-refractivity contribution in [2.75, 3.05) is 11.4 Å². The number of nitrogens with zero attached hydrogens (tertiary/aromatic N) is 3. The standard InChI is InChI=1S/C14H14FN3O3/c1-8-7-18(11-5-3-4-10(15)14(11)20-8)13(19)6-12-17-16-9(2)21-12/h3-5,8H,6-7H2,1-2H3. The van der Waals surface area contributed by atoms with Gasteiger partial charge >= 0.3 is 0 Å². The molecule has 2 aromatic rings. The fourth-order valence-electron chi connectivity index (χ4n) is 2.29. The molecular weight excluding hydrogens is 277 g/mol. The van der Waals surface area contributed by atoms with Crippen LogP contribution in [0.2, 0.25) is 0 Å². The van der Waals surface area contributed by atoms with E-state index in [1.807, 2.05) is 0 Å². The Kier molecular flexibility index (Phi) is 3.32. The van der Waals surface area contributed by atoms with Crippen molar-refractivity contribution in [3.8, 4) is 5.75 Å². The lowest BCUT2D eigenvalue weighted by molar-refractivity contribution is -0.118. The zero-order valence-corrected chi connectivity index (χ0v) is 11.7. The van der Waals surface area contributed by atoms with Crippen molar-refractivity contribution in [2.45, 2.75) is 26.4 Å². The molecule has 1 atom stereocenters. The molecule has 1 amide bonds. The van der Waals surface area contributed by atoms with Crippen LogP contribution in [0.4, 0.5) is 10.1 Å². The van der Waals surface area contributed by atoms with E-state index in [9.17, 15) is 9.18 Å². The van der Waals surface area contributed by atoms with E-state index in [-0.39, 0.29) is 30.1 Å². The quantitative estimate of drug-likeness (QED) is 0.845. The monoisotopic (exact) mass is 291 g/mol. The number of halogens is 1. The Morgan fingerprint density at radius 1 is 1.48 bits per heavy atom. The maximum absolute atomic E-state index is 13.8. The summed E-state index contributed by atoms with van der Waals surface area (Å²) in [6, 6.07) is 4.51. The molecule has 1 aliphatic heterocycles. The van der Waals surface area contributed by atoms with Crippen LogP contribution in [0, 0.1) is 12.7 Å². The number of para-hydroxylation sites is 1. The van der Waals surface area contributed by atoms with E-state index in [0.717, 1.165) is 0 Å². The lowest BCUT2D eigenvalue weighted by Crippen LogP contribution is -2.43. The van der Waals surface area contributed by atoms with Gasteiger partial charge in [0.25, 0.3) is 0 Å². The van der Waals surface area contributed by atoms with Gasteiger partial charge in [-0.15, -0.1) is 10.2 Å². The molecule has 1 aromatic heterocycles. The SMILES string of the molecule is Cc1nnc(CC(=O)N2CC(C)Oc3c(F)cccc32)o1. The summed E-state index contributed by atoms with van der Waals surface area (Å²) in [6.45, 7) is 3.79. The third-order valence-electron chi connectivity index (χ3n) is 3.17. The number of hydrogen-bond acceptors (Lipinski definition) is 5. The fourth-order valence-corrected chi connectivity index (χ4v) is 2.29. The van der Waals surface area contributed by atoms with Crippen LogP contribution < -0.4 is 9.64 Å². The van der Waals surface area contributed by atoms with Crippen molar-refractivity contribution < 1.29 is 18.3 Å². The lowest BCUT2D eigenvalue weighted by Gasteiger charge is -2.33. The van der Waals surface area contributed by atoms with Crippen LogP contribution in [0.3, 0.4) is 0 Å². The molecule has 0 radical (unpaired) electrons. The summed E-state index contributed by atoms with van der Waals surface area (Å²) in [5.41, 5.74) is 0.425. The molecule has 0 spiro atoms. The van der Waals surface area contributed by atoms with Crippen LogP contribution in [-0.2, 0) is 11.2 Å². The Hall–Kier alpha value is -2.44. The number of carbonyl (C=O) groups excluding carboxylic acids is 1. The molecule has 6 nitrogen and oxygen atoms in total. The van der Waals surface area contributed by atoms with Crippen molar-refractivity contribution in [3.63, 3.8) is 0 Å². The van der Waals surface area contributed by atoms with E-state index in [4.69, 9.17) is 9.15 Å². The van der Waals surface area contributed by atoms with E-state index in [2.05, 4.69) is 10.2 Å². The maximum Gasteiger partial charge on any atom is 0.236 e. The molecule has 3 rings (SSSR count). The van der Waals surface area contributed by atoms with Gasteiger partial charge < -0.3 is 14.1 Å². The summed E-state index contributed by atoms with van der Waals surface area (Å²) in [5, 5.41) is 7.49. The van der Waals surface area contributed by atoms with Gasteiger partial charge in [-0.1, -0.05) is 6.07 Å². The highest BCUT2D eigenvalue weighted by atomic mass is 19.1. The number of rotatable bonds is 2. The molecule has 0 bridgehead atoms. The van der Waals surface area contributed by atoms with Crippen LogP contribution in [0.25, 0.3) is 0 Å². The molecule has 1 aliphatic rings. The van der Waals surface area contributed by atoms with Crippen molar-refractivity contribution in [2.24, 2.45) is 0 Å². The van der Waals surface area contributed by atoms with Crippen LogP contribution >= 0.6 is 0 Å². The number of fused-ring (bicyclic) bond motifs is 1. The second kappa shape index (κ2) is 5.16. The number of anilines is 1. The first-order chi connectivity index (χ1) is 10.0. The van der Waals surface area contributed by atoms with Crippen LogP contribution in [-0.4, -0.2) is 28.8 Å².